The molecule has 2 heterocycles. The zero-order valence-electron chi connectivity index (χ0n) is 13.9. The number of carbonyl (C=O) groups excluding carboxylic acids is 1. The molecule has 7 heteroatoms. The number of anilines is 1. The molecular formula is C18H18FN5O. The molecule has 1 atom stereocenters. The van der Waals surface area contributed by atoms with Crippen LogP contribution in [0.3, 0.4) is 0 Å². The topological polar surface area (TPSA) is 71.8 Å². The van der Waals surface area contributed by atoms with Crippen molar-refractivity contribution in [2.75, 3.05) is 5.32 Å². The van der Waals surface area contributed by atoms with Crippen LogP contribution in [0.15, 0.2) is 54.9 Å². The monoisotopic (exact) mass is 339 g/mol. The maximum Gasteiger partial charge on any atom is 0.321 e. The largest absolute Gasteiger partial charge is 0.336 e. The Kier molecular flexibility index (Phi) is 4.74. The molecule has 0 spiro atoms. The average Bonchev–Trinajstić information content (AvgIpc) is 2.98. The molecule has 2 amide bonds. The molecule has 128 valence electrons. The molecule has 0 saturated heterocycles. The number of urea groups is 1. The molecule has 0 bridgehead atoms. The predicted molar refractivity (Wildman–Crippen MR) is 92.6 cm³/mol. The fourth-order valence-electron chi connectivity index (χ4n) is 2.53. The van der Waals surface area contributed by atoms with E-state index in [0.717, 1.165) is 5.69 Å². The summed E-state index contributed by atoms with van der Waals surface area (Å²) in [6.45, 7) is 1.84. The number of aromatic nitrogens is 3. The van der Waals surface area contributed by atoms with Crippen molar-refractivity contribution >= 4 is 11.8 Å². The summed E-state index contributed by atoms with van der Waals surface area (Å²) in [5.41, 5.74) is 1.39. The highest BCUT2D eigenvalue weighted by Gasteiger charge is 2.21. The summed E-state index contributed by atoms with van der Waals surface area (Å²) in [6.07, 6.45) is 3.40. The van der Waals surface area contributed by atoms with E-state index < -0.39 is 12.1 Å². The smallest absolute Gasteiger partial charge is 0.321 e. The zero-order valence-corrected chi connectivity index (χ0v) is 13.9. The molecular weight excluding hydrogens is 321 g/mol. The molecule has 6 nitrogen and oxygen atoms in total. The fraction of sp³-hybridized carbons (Fsp3) is 0.167. The van der Waals surface area contributed by atoms with Crippen LogP contribution in [0.2, 0.25) is 0 Å². The Morgan fingerprint density at radius 3 is 2.72 bits per heavy atom. The maximum atomic E-state index is 13.6. The molecule has 0 aliphatic carbocycles. The Morgan fingerprint density at radius 1 is 1.24 bits per heavy atom. The van der Waals surface area contributed by atoms with Gasteiger partial charge in [-0.05, 0) is 36.8 Å². The summed E-state index contributed by atoms with van der Waals surface area (Å²) >= 11 is 0. The van der Waals surface area contributed by atoms with E-state index in [-0.39, 0.29) is 5.82 Å². The van der Waals surface area contributed by atoms with Gasteiger partial charge in [-0.1, -0.05) is 18.2 Å². The first kappa shape index (κ1) is 16.6. The summed E-state index contributed by atoms with van der Waals surface area (Å²) in [4.78, 5) is 20.9. The lowest BCUT2D eigenvalue weighted by Crippen LogP contribution is -2.34. The van der Waals surface area contributed by atoms with Gasteiger partial charge in [0.05, 0.1) is 0 Å². The van der Waals surface area contributed by atoms with Gasteiger partial charge >= 0.3 is 6.03 Å². The molecule has 3 rings (SSSR count). The highest BCUT2D eigenvalue weighted by atomic mass is 19.1. The molecule has 0 fully saturated rings. The van der Waals surface area contributed by atoms with Crippen molar-refractivity contribution in [3.63, 3.8) is 0 Å². The number of hydrogen-bond donors (Lipinski definition) is 2. The van der Waals surface area contributed by atoms with E-state index in [0.29, 0.717) is 17.2 Å². The van der Waals surface area contributed by atoms with Crippen LogP contribution in [0.4, 0.5) is 15.0 Å². The van der Waals surface area contributed by atoms with Crippen molar-refractivity contribution in [1.82, 2.24) is 19.9 Å². The van der Waals surface area contributed by atoms with Crippen LogP contribution in [0.1, 0.15) is 23.1 Å². The van der Waals surface area contributed by atoms with Gasteiger partial charge in [0.25, 0.3) is 0 Å². The quantitative estimate of drug-likeness (QED) is 0.767. The first-order valence-corrected chi connectivity index (χ1v) is 7.77. The molecule has 0 aliphatic heterocycles. The molecule has 0 aliphatic rings. The fourth-order valence-corrected chi connectivity index (χ4v) is 2.53. The van der Waals surface area contributed by atoms with Crippen molar-refractivity contribution in [1.29, 1.82) is 0 Å². The number of halogens is 1. The van der Waals surface area contributed by atoms with Gasteiger partial charge in [0.15, 0.2) is 0 Å². The van der Waals surface area contributed by atoms with Crippen molar-refractivity contribution in [2.45, 2.75) is 13.0 Å². The van der Waals surface area contributed by atoms with Crippen LogP contribution < -0.4 is 10.6 Å². The minimum atomic E-state index is -0.597. The van der Waals surface area contributed by atoms with Crippen LogP contribution in [-0.2, 0) is 7.05 Å². The van der Waals surface area contributed by atoms with Gasteiger partial charge in [-0.15, -0.1) is 0 Å². The van der Waals surface area contributed by atoms with Crippen LogP contribution in [0.25, 0.3) is 0 Å². The Morgan fingerprint density at radius 2 is 2.04 bits per heavy atom. The molecule has 0 unspecified atom stereocenters. The van der Waals surface area contributed by atoms with E-state index in [9.17, 15) is 9.18 Å². The van der Waals surface area contributed by atoms with Gasteiger partial charge in [0.2, 0.25) is 0 Å². The Balaban J connectivity index is 1.85. The lowest BCUT2D eigenvalue weighted by atomic mass is 10.1. The maximum absolute atomic E-state index is 13.6. The lowest BCUT2D eigenvalue weighted by molar-refractivity contribution is 0.249. The highest BCUT2D eigenvalue weighted by Crippen LogP contribution is 2.21. The molecule has 0 radical (unpaired) electrons. The molecule has 25 heavy (non-hydrogen) atoms. The number of nitrogens with one attached hydrogen (secondary N) is 2. The Bertz CT molecular complexity index is 892. The molecule has 0 saturated carbocycles. The molecule has 2 aromatic heterocycles. The summed E-state index contributed by atoms with van der Waals surface area (Å²) in [5, 5.41) is 5.52. The number of aryl methyl sites for hydroxylation is 2. The third kappa shape index (κ3) is 4.00. The van der Waals surface area contributed by atoms with Crippen molar-refractivity contribution < 1.29 is 9.18 Å². The summed E-state index contributed by atoms with van der Waals surface area (Å²) in [5.74, 6) is 0.660. The number of amides is 2. The molecule has 1 aromatic carbocycles. The highest BCUT2D eigenvalue weighted by molar-refractivity contribution is 5.88. The second-order valence-corrected chi connectivity index (χ2v) is 5.65. The first-order valence-electron chi connectivity index (χ1n) is 7.77. The van der Waals surface area contributed by atoms with E-state index in [2.05, 4.69) is 20.6 Å². The Labute approximate surface area is 144 Å². The van der Waals surface area contributed by atoms with Crippen molar-refractivity contribution in [3.8, 4) is 0 Å². The number of hydrogen-bond acceptors (Lipinski definition) is 3. The van der Waals surface area contributed by atoms with E-state index in [4.69, 9.17) is 0 Å². The third-order valence-corrected chi connectivity index (χ3v) is 3.70. The Hall–Kier alpha value is -3.22. The van der Waals surface area contributed by atoms with Gasteiger partial charge in [0, 0.05) is 25.1 Å². The number of carbonyl (C=O) groups is 1. The van der Waals surface area contributed by atoms with Gasteiger partial charge in [-0.25, -0.2) is 19.2 Å². The second-order valence-electron chi connectivity index (χ2n) is 5.65. The van der Waals surface area contributed by atoms with Gasteiger partial charge < -0.3 is 9.88 Å². The van der Waals surface area contributed by atoms with Crippen LogP contribution >= 0.6 is 0 Å². The third-order valence-electron chi connectivity index (χ3n) is 3.70. The number of pyridine rings is 1. The summed E-state index contributed by atoms with van der Waals surface area (Å²) in [6, 6.07) is 10.4. The van der Waals surface area contributed by atoms with Gasteiger partial charge in [-0.3, -0.25) is 5.32 Å². The SMILES string of the molecule is Cc1cccc(NC(=O)N[C@H](c2cccc(F)c2)c2nccn2C)n1. The van der Waals surface area contributed by atoms with E-state index in [1.54, 1.807) is 41.2 Å². The number of imidazole rings is 1. The van der Waals surface area contributed by atoms with E-state index in [1.807, 2.05) is 20.0 Å². The van der Waals surface area contributed by atoms with Gasteiger partial charge in [-0.2, -0.15) is 0 Å². The summed E-state index contributed by atoms with van der Waals surface area (Å²) in [7, 11) is 1.82. The minimum Gasteiger partial charge on any atom is -0.336 e. The van der Waals surface area contributed by atoms with Crippen LogP contribution in [-0.4, -0.2) is 20.6 Å². The summed E-state index contributed by atoms with van der Waals surface area (Å²) < 4.78 is 15.4. The average molecular weight is 339 g/mol. The van der Waals surface area contributed by atoms with Gasteiger partial charge in [0.1, 0.15) is 23.5 Å². The molecule has 2 N–H and O–H groups in total. The lowest BCUT2D eigenvalue weighted by Gasteiger charge is -2.19. The van der Waals surface area contributed by atoms with Crippen LogP contribution in [0, 0.1) is 12.7 Å². The standard InChI is InChI=1S/C18H18FN5O/c1-12-5-3-8-15(21-12)22-18(25)23-16(17-20-9-10-24(17)2)13-6-4-7-14(19)11-13/h3-11,16H,1-2H3,(H2,21,22,23,25)/t16-/m1/s1. The zero-order chi connectivity index (χ0) is 17.8. The van der Waals surface area contributed by atoms with Crippen molar-refractivity contribution in [2.24, 2.45) is 7.05 Å². The van der Waals surface area contributed by atoms with E-state index >= 15 is 0 Å². The number of rotatable bonds is 4. The van der Waals surface area contributed by atoms with Crippen LogP contribution in [0.5, 0.6) is 0 Å². The number of nitrogens with zero attached hydrogens (tertiary/aromatic N) is 3. The van der Waals surface area contributed by atoms with Crippen molar-refractivity contribution in [3.05, 3.63) is 77.8 Å². The first-order chi connectivity index (χ1) is 12.0. The minimum absolute atomic E-state index is 0.376. The second kappa shape index (κ2) is 7.12. The predicted octanol–water partition coefficient (Wildman–Crippen LogP) is 3.17. The van der Waals surface area contributed by atoms with E-state index in [1.165, 1.54) is 12.1 Å². The molecule has 3 aromatic rings. The normalized spacial score (nSPS) is 11.8. The number of benzene rings is 1.